The van der Waals surface area contributed by atoms with Crippen LogP contribution < -0.4 is 0 Å². The van der Waals surface area contributed by atoms with E-state index in [1.54, 1.807) is 4.31 Å². The minimum atomic E-state index is -3.27. The van der Waals surface area contributed by atoms with Crippen LogP contribution in [0.4, 0.5) is 0 Å². The highest BCUT2D eigenvalue weighted by molar-refractivity contribution is 7.88. The molecule has 1 spiro atoms. The van der Waals surface area contributed by atoms with Crippen molar-refractivity contribution in [3.63, 3.8) is 0 Å². The van der Waals surface area contributed by atoms with Gasteiger partial charge in [-0.3, -0.25) is 0 Å². The molecule has 134 valence electrons. The Morgan fingerprint density at radius 1 is 1.24 bits per heavy atom. The molecular weight excluding hydrogens is 338 g/mol. The fourth-order valence-corrected chi connectivity index (χ4v) is 4.85. The largest absolute Gasteiger partial charge is 0.338 e. The zero-order chi connectivity index (χ0) is 17.5. The van der Waals surface area contributed by atoms with Crippen LogP contribution in [0, 0.1) is 5.41 Å². The maximum atomic E-state index is 12.1. The van der Waals surface area contributed by atoms with Crippen molar-refractivity contribution in [2.45, 2.75) is 44.6 Å². The predicted molar refractivity (Wildman–Crippen MR) is 93.3 cm³/mol. The Labute approximate surface area is 148 Å². The summed E-state index contributed by atoms with van der Waals surface area (Å²) in [6.07, 6.45) is 6.88. The molecule has 1 aliphatic carbocycles. The maximum Gasteiger partial charge on any atom is 0.245 e. The Morgan fingerprint density at radius 3 is 2.68 bits per heavy atom. The monoisotopic (exact) mass is 361 g/mol. The van der Waals surface area contributed by atoms with Crippen LogP contribution in [0.1, 0.15) is 49.0 Å². The first kappa shape index (κ1) is 16.7. The Bertz CT molecular complexity index is 843. The first-order valence-corrected chi connectivity index (χ1v) is 10.6. The van der Waals surface area contributed by atoms with Crippen molar-refractivity contribution >= 4 is 10.0 Å². The van der Waals surface area contributed by atoms with E-state index in [1.165, 1.54) is 11.8 Å². The fraction of sp³-hybridized carbons (Fsp3) is 0.556. The quantitative estimate of drug-likeness (QED) is 0.791. The summed E-state index contributed by atoms with van der Waals surface area (Å²) in [6.45, 7) is 0.586. The highest BCUT2D eigenvalue weighted by Crippen LogP contribution is 2.58. The van der Waals surface area contributed by atoms with Crippen molar-refractivity contribution in [1.29, 1.82) is 0 Å². The number of rotatable bonds is 6. The van der Waals surface area contributed by atoms with Gasteiger partial charge in [-0.05, 0) is 43.1 Å². The second-order valence-corrected chi connectivity index (χ2v) is 9.35. The molecule has 6 nitrogen and oxygen atoms in total. The normalized spacial score (nSPS) is 22.5. The Balaban J connectivity index is 1.42. The van der Waals surface area contributed by atoms with Gasteiger partial charge < -0.3 is 4.52 Å². The number of sulfonamides is 1. The van der Waals surface area contributed by atoms with Crippen LogP contribution in [-0.4, -0.2) is 35.7 Å². The van der Waals surface area contributed by atoms with Gasteiger partial charge in [-0.2, -0.15) is 9.29 Å². The molecule has 2 aliphatic rings. The third-order valence-corrected chi connectivity index (χ3v) is 6.56. The Kier molecular flexibility index (Phi) is 4.16. The van der Waals surface area contributed by atoms with Gasteiger partial charge >= 0.3 is 0 Å². The number of aryl methyl sites for hydroxylation is 2. The van der Waals surface area contributed by atoms with Gasteiger partial charge in [0.05, 0.1) is 6.26 Å². The van der Waals surface area contributed by atoms with E-state index >= 15 is 0 Å². The first-order chi connectivity index (χ1) is 12.0. The summed E-state index contributed by atoms with van der Waals surface area (Å²) in [6, 6.07) is 10.0. The zero-order valence-electron chi connectivity index (χ0n) is 14.4. The van der Waals surface area contributed by atoms with Gasteiger partial charge in [-0.1, -0.05) is 35.5 Å². The smallest absolute Gasteiger partial charge is 0.245 e. The van der Waals surface area contributed by atoms with Crippen molar-refractivity contribution in [1.82, 2.24) is 14.4 Å². The molecule has 1 aliphatic heterocycles. The van der Waals surface area contributed by atoms with Crippen molar-refractivity contribution in [3.05, 3.63) is 47.6 Å². The summed E-state index contributed by atoms with van der Waals surface area (Å²) in [5, 5.41) is 4.07. The predicted octanol–water partition coefficient (Wildman–Crippen LogP) is 2.73. The van der Waals surface area contributed by atoms with E-state index in [9.17, 15) is 8.42 Å². The SMILES string of the molecule is CS(=O)(=O)N1CC2(CC2)C[C@H]1c1nc(CCCc2ccccc2)no1. The maximum absolute atomic E-state index is 12.1. The fourth-order valence-electron chi connectivity index (χ4n) is 3.71. The summed E-state index contributed by atoms with van der Waals surface area (Å²) < 4.78 is 31.2. The van der Waals surface area contributed by atoms with Gasteiger partial charge in [0, 0.05) is 13.0 Å². The van der Waals surface area contributed by atoms with Crippen molar-refractivity contribution < 1.29 is 12.9 Å². The standard InChI is InChI=1S/C18H23N3O3S/c1-25(22,23)21-13-18(10-11-18)12-15(21)17-19-16(20-24-17)9-5-8-14-6-3-2-4-7-14/h2-4,6-7,15H,5,8-13H2,1H3/t15-/m0/s1. The van der Waals surface area contributed by atoms with Gasteiger partial charge in [0.25, 0.3) is 0 Å². The van der Waals surface area contributed by atoms with Gasteiger partial charge in [0.1, 0.15) is 6.04 Å². The molecular formula is C18H23N3O3S. The Hall–Kier alpha value is -1.73. The van der Waals surface area contributed by atoms with Crippen LogP contribution in [0.15, 0.2) is 34.9 Å². The number of aromatic nitrogens is 2. The number of hydrogen-bond donors (Lipinski definition) is 0. The summed E-state index contributed by atoms with van der Waals surface area (Å²) in [7, 11) is -3.27. The average molecular weight is 361 g/mol. The number of hydrogen-bond acceptors (Lipinski definition) is 5. The number of benzene rings is 1. The van der Waals surface area contributed by atoms with Gasteiger partial charge in [-0.25, -0.2) is 8.42 Å². The summed E-state index contributed by atoms with van der Waals surface area (Å²) in [5.74, 6) is 1.11. The van der Waals surface area contributed by atoms with E-state index in [1.807, 2.05) is 18.2 Å². The summed E-state index contributed by atoms with van der Waals surface area (Å²) in [4.78, 5) is 4.50. The van der Waals surface area contributed by atoms with Crippen LogP contribution in [-0.2, 0) is 22.9 Å². The van der Waals surface area contributed by atoms with Crippen molar-refractivity contribution in [2.75, 3.05) is 12.8 Å². The molecule has 2 aromatic rings. The zero-order valence-corrected chi connectivity index (χ0v) is 15.2. The average Bonchev–Trinajstić information content (AvgIpc) is 2.99. The highest BCUT2D eigenvalue weighted by atomic mass is 32.2. The lowest BCUT2D eigenvalue weighted by Crippen LogP contribution is -2.30. The topological polar surface area (TPSA) is 76.3 Å². The molecule has 4 rings (SSSR count). The molecule has 7 heteroatoms. The molecule has 25 heavy (non-hydrogen) atoms. The van der Waals surface area contributed by atoms with E-state index < -0.39 is 10.0 Å². The minimum absolute atomic E-state index is 0.149. The molecule has 0 radical (unpaired) electrons. The van der Waals surface area contributed by atoms with E-state index in [4.69, 9.17) is 4.52 Å². The minimum Gasteiger partial charge on any atom is -0.338 e. The molecule has 0 amide bonds. The lowest BCUT2D eigenvalue weighted by molar-refractivity contribution is 0.290. The van der Waals surface area contributed by atoms with Crippen LogP contribution in [0.2, 0.25) is 0 Å². The second-order valence-electron chi connectivity index (χ2n) is 7.42. The van der Waals surface area contributed by atoms with E-state index in [2.05, 4.69) is 22.3 Å². The molecule has 1 saturated heterocycles. The molecule has 1 saturated carbocycles. The Morgan fingerprint density at radius 2 is 2.00 bits per heavy atom. The summed E-state index contributed by atoms with van der Waals surface area (Å²) >= 11 is 0. The van der Waals surface area contributed by atoms with Gasteiger partial charge in [0.15, 0.2) is 5.82 Å². The molecule has 0 unspecified atom stereocenters. The number of nitrogens with zero attached hydrogens (tertiary/aromatic N) is 3. The highest BCUT2D eigenvalue weighted by Gasteiger charge is 2.56. The van der Waals surface area contributed by atoms with Gasteiger partial charge in [-0.15, -0.1) is 0 Å². The van der Waals surface area contributed by atoms with E-state index in [0.717, 1.165) is 38.5 Å². The first-order valence-electron chi connectivity index (χ1n) is 8.79. The van der Waals surface area contributed by atoms with Crippen LogP contribution in [0.25, 0.3) is 0 Å². The van der Waals surface area contributed by atoms with E-state index in [0.29, 0.717) is 18.3 Å². The second kappa shape index (κ2) is 6.21. The van der Waals surface area contributed by atoms with E-state index in [-0.39, 0.29) is 11.5 Å². The van der Waals surface area contributed by atoms with Crippen LogP contribution in [0.5, 0.6) is 0 Å². The van der Waals surface area contributed by atoms with Crippen molar-refractivity contribution in [3.8, 4) is 0 Å². The molecule has 1 aromatic heterocycles. The molecule has 0 N–H and O–H groups in total. The molecule has 1 atom stereocenters. The van der Waals surface area contributed by atoms with Crippen LogP contribution >= 0.6 is 0 Å². The molecule has 1 aromatic carbocycles. The molecule has 2 heterocycles. The third kappa shape index (κ3) is 3.62. The molecule has 2 fully saturated rings. The third-order valence-electron chi connectivity index (χ3n) is 5.33. The van der Waals surface area contributed by atoms with Gasteiger partial charge in [0.2, 0.25) is 15.9 Å². The lowest BCUT2D eigenvalue weighted by Gasteiger charge is -2.18. The lowest BCUT2D eigenvalue weighted by atomic mass is 10.0. The van der Waals surface area contributed by atoms with Crippen molar-refractivity contribution in [2.24, 2.45) is 5.41 Å². The summed E-state index contributed by atoms with van der Waals surface area (Å²) in [5.41, 5.74) is 1.44. The van der Waals surface area contributed by atoms with Crippen LogP contribution in [0.3, 0.4) is 0 Å². The molecule has 0 bridgehead atoms.